The van der Waals surface area contributed by atoms with Crippen LogP contribution in [0, 0.1) is 11.8 Å². The Morgan fingerprint density at radius 2 is 2.04 bits per heavy atom. The number of hydrogen-bond donors (Lipinski definition) is 2. The Bertz CT molecular complexity index is 627. The molecule has 1 aromatic carbocycles. The van der Waals surface area contributed by atoms with Gasteiger partial charge in [0.25, 0.3) is 0 Å². The second kappa shape index (κ2) is 6.00. The minimum Gasteiger partial charge on any atom is -0.396 e. The summed E-state index contributed by atoms with van der Waals surface area (Å²) in [6.45, 7) is 0.0547. The second-order valence-electron chi connectivity index (χ2n) is 6.25. The van der Waals surface area contributed by atoms with Crippen molar-refractivity contribution in [3.8, 4) is 0 Å². The van der Waals surface area contributed by atoms with E-state index in [9.17, 15) is 18.0 Å². The number of amides is 1. The van der Waals surface area contributed by atoms with Gasteiger partial charge in [-0.15, -0.1) is 0 Å². The molecule has 1 amide bonds. The van der Waals surface area contributed by atoms with Gasteiger partial charge in [0.2, 0.25) is 5.91 Å². The van der Waals surface area contributed by atoms with Gasteiger partial charge in [0.05, 0.1) is 5.56 Å². The Morgan fingerprint density at radius 3 is 2.70 bits per heavy atom. The molecule has 0 aliphatic heterocycles. The van der Waals surface area contributed by atoms with Gasteiger partial charge in [0, 0.05) is 24.5 Å². The summed E-state index contributed by atoms with van der Waals surface area (Å²) in [6.07, 6.45) is 0.620. The molecule has 0 aromatic heterocycles. The van der Waals surface area contributed by atoms with E-state index in [-0.39, 0.29) is 36.3 Å². The van der Waals surface area contributed by atoms with Crippen LogP contribution in [0.1, 0.15) is 29.9 Å². The summed E-state index contributed by atoms with van der Waals surface area (Å²) in [7, 11) is 0. The van der Waals surface area contributed by atoms with Crippen LogP contribution in [0.2, 0.25) is 0 Å². The summed E-state index contributed by atoms with van der Waals surface area (Å²) >= 11 is 0. The van der Waals surface area contributed by atoms with Crippen molar-refractivity contribution in [2.45, 2.75) is 31.0 Å². The quantitative estimate of drug-likeness (QED) is 0.837. The molecule has 3 nitrogen and oxygen atoms in total. The first-order chi connectivity index (χ1) is 10.9. The number of carbonyl (C=O) groups is 1. The average Bonchev–Trinajstić information content (AvgIpc) is 3.20. The number of hydrogen-bond acceptors (Lipinski definition) is 2. The molecule has 2 unspecified atom stereocenters. The van der Waals surface area contributed by atoms with Gasteiger partial charge in [0.1, 0.15) is 0 Å². The summed E-state index contributed by atoms with van der Waals surface area (Å²) in [5.41, 5.74) is -0.110. The van der Waals surface area contributed by atoms with Crippen LogP contribution in [0.5, 0.6) is 0 Å². The van der Waals surface area contributed by atoms with Gasteiger partial charge in [-0.25, -0.2) is 0 Å². The molecule has 3 rings (SSSR count). The van der Waals surface area contributed by atoms with Gasteiger partial charge in [-0.05, 0) is 30.4 Å². The summed E-state index contributed by atoms with van der Waals surface area (Å²) < 4.78 is 38.2. The highest BCUT2D eigenvalue weighted by molar-refractivity contribution is 5.83. The highest BCUT2D eigenvalue weighted by Crippen LogP contribution is 2.48. The normalized spacial score (nSPS) is 29.6. The summed E-state index contributed by atoms with van der Waals surface area (Å²) in [5.74, 6) is -0.462. The zero-order chi connectivity index (χ0) is 16.6. The molecule has 0 spiro atoms. The maximum Gasteiger partial charge on any atom is 0.416 e. The minimum absolute atomic E-state index is 0.0547. The molecular formula is C17H18F3NO2. The lowest BCUT2D eigenvalue weighted by atomic mass is 10.0. The van der Waals surface area contributed by atoms with Gasteiger partial charge >= 0.3 is 6.18 Å². The van der Waals surface area contributed by atoms with E-state index < -0.39 is 11.7 Å². The Labute approximate surface area is 132 Å². The Hall–Kier alpha value is -1.82. The third-order valence-electron chi connectivity index (χ3n) is 4.50. The van der Waals surface area contributed by atoms with Crippen LogP contribution in [-0.2, 0) is 11.0 Å². The first kappa shape index (κ1) is 16.1. The number of alkyl halides is 3. The SMILES string of the molecule is O=C(N[C@@H]1C=C[C@H](CO)C1)C1CC1c1cccc(C(F)(F)F)c1. The van der Waals surface area contributed by atoms with Crippen molar-refractivity contribution in [2.24, 2.45) is 11.8 Å². The van der Waals surface area contributed by atoms with Crippen LogP contribution >= 0.6 is 0 Å². The number of nitrogens with one attached hydrogen (secondary N) is 1. The summed E-state index contributed by atoms with van der Waals surface area (Å²) in [5, 5.41) is 12.0. The first-order valence-electron chi connectivity index (χ1n) is 7.65. The van der Waals surface area contributed by atoms with Crippen molar-refractivity contribution in [3.05, 3.63) is 47.5 Å². The van der Waals surface area contributed by atoms with Gasteiger partial charge < -0.3 is 10.4 Å². The molecule has 1 fully saturated rings. The Morgan fingerprint density at radius 1 is 1.26 bits per heavy atom. The third kappa shape index (κ3) is 3.58. The number of benzene rings is 1. The van der Waals surface area contributed by atoms with Gasteiger partial charge in [0.15, 0.2) is 0 Å². The second-order valence-corrected chi connectivity index (χ2v) is 6.25. The molecule has 2 aliphatic rings. The standard InChI is InChI=1S/C17H18F3NO2/c18-17(19,20)12-3-1-2-11(7-12)14-8-15(14)16(23)21-13-5-4-10(6-13)9-22/h1-5,7,10,13-15,22H,6,8-9H2,(H,21,23)/t10-,13+,14?,15?/m0/s1. The monoisotopic (exact) mass is 325 g/mol. The lowest BCUT2D eigenvalue weighted by Gasteiger charge is -2.13. The highest BCUT2D eigenvalue weighted by Gasteiger charge is 2.45. The Kier molecular flexibility index (Phi) is 4.19. The maximum absolute atomic E-state index is 12.7. The van der Waals surface area contributed by atoms with Gasteiger partial charge in [-0.2, -0.15) is 13.2 Å². The smallest absolute Gasteiger partial charge is 0.396 e. The number of carbonyl (C=O) groups excluding carboxylic acids is 1. The van der Waals surface area contributed by atoms with Crippen LogP contribution < -0.4 is 5.32 Å². The van der Waals surface area contributed by atoms with E-state index in [0.717, 1.165) is 12.1 Å². The van der Waals surface area contributed by atoms with E-state index in [0.29, 0.717) is 18.4 Å². The fourth-order valence-corrected chi connectivity index (χ4v) is 3.11. The van der Waals surface area contributed by atoms with E-state index in [1.165, 1.54) is 6.07 Å². The van der Waals surface area contributed by atoms with Crippen LogP contribution in [0.4, 0.5) is 13.2 Å². The van der Waals surface area contributed by atoms with Crippen molar-refractivity contribution in [3.63, 3.8) is 0 Å². The number of aliphatic hydroxyl groups excluding tert-OH is 1. The fraction of sp³-hybridized carbons (Fsp3) is 0.471. The zero-order valence-corrected chi connectivity index (χ0v) is 12.4. The van der Waals surface area contributed by atoms with Crippen molar-refractivity contribution < 1.29 is 23.1 Å². The molecular weight excluding hydrogens is 307 g/mol. The molecule has 2 aliphatic carbocycles. The molecule has 0 heterocycles. The highest BCUT2D eigenvalue weighted by atomic mass is 19.4. The van der Waals surface area contributed by atoms with Crippen LogP contribution in [-0.4, -0.2) is 23.7 Å². The van der Waals surface area contributed by atoms with Crippen molar-refractivity contribution >= 4 is 5.91 Å². The molecule has 6 heteroatoms. The van der Waals surface area contributed by atoms with Gasteiger partial charge in [-0.3, -0.25) is 4.79 Å². The lowest BCUT2D eigenvalue weighted by Crippen LogP contribution is -2.34. The van der Waals surface area contributed by atoms with Crippen LogP contribution in [0.3, 0.4) is 0 Å². The number of aliphatic hydroxyl groups is 1. The molecule has 1 aromatic rings. The Balaban J connectivity index is 1.59. The third-order valence-corrected chi connectivity index (χ3v) is 4.50. The average molecular weight is 325 g/mol. The molecule has 124 valence electrons. The lowest BCUT2D eigenvalue weighted by molar-refractivity contribution is -0.137. The molecule has 0 radical (unpaired) electrons. The fourth-order valence-electron chi connectivity index (χ4n) is 3.11. The topological polar surface area (TPSA) is 49.3 Å². The largest absolute Gasteiger partial charge is 0.416 e. The van der Waals surface area contributed by atoms with E-state index in [1.807, 2.05) is 12.2 Å². The zero-order valence-electron chi connectivity index (χ0n) is 12.4. The summed E-state index contributed by atoms with van der Waals surface area (Å²) in [4.78, 5) is 12.2. The van der Waals surface area contributed by atoms with Crippen LogP contribution in [0.25, 0.3) is 0 Å². The maximum atomic E-state index is 12.7. The molecule has 2 N–H and O–H groups in total. The van der Waals surface area contributed by atoms with E-state index in [2.05, 4.69) is 5.32 Å². The predicted octanol–water partition coefficient (Wildman–Crippen LogP) is 2.86. The van der Waals surface area contributed by atoms with E-state index >= 15 is 0 Å². The van der Waals surface area contributed by atoms with E-state index in [1.54, 1.807) is 6.07 Å². The van der Waals surface area contributed by atoms with Crippen LogP contribution in [0.15, 0.2) is 36.4 Å². The van der Waals surface area contributed by atoms with Crippen molar-refractivity contribution in [2.75, 3.05) is 6.61 Å². The molecule has 4 atom stereocenters. The molecule has 23 heavy (non-hydrogen) atoms. The molecule has 1 saturated carbocycles. The summed E-state index contributed by atoms with van der Waals surface area (Å²) in [6, 6.07) is 5.11. The number of rotatable bonds is 4. The number of halogens is 3. The first-order valence-corrected chi connectivity index (χ1v) is 7.65. The van der Waals surface area contributed by atoms with E-state index in [4.69, 9.17) is 5.11 Å². The predicted molar refractivity (Wildman–Crippen MR) is 78.6 cm³/mol. The molecule has 0 saturated heterocycles. The minimum atomic E-state index is -4.36. The van der Waals surface area contributed by atoms with Crippen molar-refractivity contribution in [1.29, 1.82) is 0 Å². The van der Waals surface area contributed by atoms with Crippen molar-refractivity contribution in [1.82, 2.24) is 5.32 Å². The molecule has 0 bridgehead atoms. The van der Waals surface area contributed by atoms with Gasteiger partial charge in [-0.1, -0.05) is 30.4 Å².